The molecule has 0 bridgehead atoms. The van der Waals surface area contributed by atoms with E-state index in [9.17, 15) is 14.4 Å². The van der Waals surface area contributed by atoms with Crippen LogP contribution in [-0.2, 0) is 38.4 Å². The first-order valence-electron chi connectivity index (χ1n) is 11.5. The number of amides is 2. The highest BCUT2D eigenvalue weighted by Crippen LogP contribution is 2.38. The molecule has 2 aliphatic heterocycles. The van der Waals surface area contributed by atoms with Gasteiger partial charge in [0.05, 0.1) is 20.6 Å². The Labute approximate surface area is 203 Å². The summed E-state index contributed by atoms with van der Waals surface area (Å²) in [6.07, 6.45) is 0.906. The summed E-state index contributed by atoms with van der Waals surface area (Å²) in [5, 5.41) is 0. The highest BCUT2D eigenvalue weighted by Gasteiger charge is 2.46. The number of anilines is 2. The summed E-state index contributed by atoms with van der Waals surface area (Å²) < 4.78 is 10.2. The number of methoxy groups -OCH3 is 2. The van der Waals surface area contributed by atoms with Gasteiger partial charge in [0.2, 0.25) is 5.91 Å². The van der Waals surface area contributed by atoms with E-state index >= 15 is 0 Å². The molecule has 0 saturated heterocycles. The summed E-state index contributed by atoms with van der Waals surface area (Å²) in [5.41, 5.74) is 4.07. The van der Waals surface area contributed by atoms with Gasteiger partial charge in [-0.1, -0.05) is 48.5 Å². The van der Waals surface area contributed by atoms with Gasteiger partial charge in [0.1, 0.15) is 17.8 Å². The first-order valence-corrected chi connectivity index (χ1v) is 11.5. The van der Waals surface area contributed by atoms with Crippen LogP contribution in [0, 0.1) is 0 Å². The van der Waals surface area contributed by atoms with Crippen molar-refractivity contribution < 1.29 is 23.9 Å². The van der Waals surface area contributed by atoms with Crippen LogP contribution in [0.25, 0.3) is 0 Å². The molecule has 0 spiro atoms. The van der Waals surface area contributed by atoms with Crippen LogP contribution in [0.3, 0.4) is 0 Å². The zero-order valence-electron chi connectivity index (χ0n) is 19.6. The van der Waals surface area contributed by atoms with Gasteiger partial charge in [0, 0.05) is 24.2 Å². The van der Waals surface area contributed by atoms with Crippen LogP contribution in [-0.4, -0.2) is 44.1 Å². The summed E-state index contributed by atoms with van der Waals surface area (Å²) in [5.74, 6) is -0.228. The fourth-order valence-corrected chi connectivity index (χ4v) is 5.04. The van der Waals surface area contributed by atoms with Gasteiger partial charge in [0.25, 0.3) is 5.91 Å². The third-order valence-corrected chi connectivity index (χ3v) is 6.73. The number of para-hydroxylation sites is 2. The molecule has 2 unspecified atom stereocenters. The number of esters is 1. The van der Waals surface area contributed by atoms with Gasteiger partial charge in [-0.3, -0.25) is 19.4 Å². The van der Waals surface area contributed by atoms with E-state index in [0.717, 1.165) is 22.4 Å². The summed E-state index contributed by atoms with van der Waals surface area (Å²) in [6, 6.07) is 20.8. The molecule has 2 amide bonds. The lowest BCUT2D eigenvalue weighted by Crippen LogP contribution is -2.54. The molecule has 3 aromatic carbocycles. The van der Waals surface area contributed by atoms with E-state index in [1.54, 1.807) is 12.0 Å². The van der Waals surface area contributed by atoms with Crippen LogP contribution >= 0.6 is 0 Å². The molecular formula is C28H26N2O5. The van der Waals surface area contributed by atoms with E-state index in [-0.39, 0.29) is 18.2 Å². The first-order chi connectivity index (χ1) is 17.0. The van der Waals surface area contributed by atoms with Gasteiger partial charge < -0.3 is 9.47 Å². The number of carbonyl (C=O) groups is 3. The number of benzene rings is 3. The van der Waals surface area contributed by atoms with Crippen molar-refractivity contribution >= 4 is 29.2 Å². The van der Waals surface area contributed by atoms with Gasteiger partial charge >= 0.3 is 5.97 Å². The Bertz CT molecular complexity index is 1290. The Kier molecular flexibility index (Phi) is 5.99. The molecule has 7 nitrogen and oxygen atoms in total. The quantitative estimate of drug-likeness (QED) is 0.535. The van der Waals surface area contributed by atoms with Crippen molar-refractivity contribution in [1.29, 1.82) is 0 Å². The molecule has 5 rings (SSSR count). The Morgan fingerprint density at radius 1 is 0.771 bits per heavy atom. The molecule has 2 atom stereocenters. The molecule has 3 aromatic rings. The van der Waals surface area contributed by atoms with Crippen molar-refractivity contribution in [3.63, 3.8) is 0 Å². The van der Waals surface area contributed by atoms with Crippen LogP contribution in [0.2, 0.25) is 0 Å². The average molecular weight is 471 g/mol. The molecule has 2 aliphatic rings. The molecule has 0 radical (unpaired) electrons. The van der Waals surface area contributed by atoms with E-state index in [1.807, 2.05) is 72.8 Å². The van der Waals surface area contributed by atoms with E-state index < -0.39 is 18.1 Å². The standard InChI is InChI=1S/C28H26N2O5/c1-34-21-13-11-18(12-14-21)15-26(31)29-22-9-5-3-7-19(22)16-24(29)27(32)30-23-10-6-4-8-20(23)17-25(30)28(33)35-2/h3-14,24-25H,15-17H2,1-2H3. The second-order valence-electron chi connectivity index (χ2n) is 8.72. The number of fused-ring (bicyclic) bond motifs is 2. The van der Waals surface area contributed by atoms with Gasteiger partial charge in [-0.25, -0.2) is 4.79 Å². The predicted molar refractivity (Wildman–Crippen MR) is 132 cm³/mol. The predicted octanol–water partition coefficient (Wildman–Crippen LogP) is 3.33. The van der Waals surface area contributed by atoms with E-state index in [2.05, 4.69) is 0 Å². The lowest BCUT2D eigenvalue weighted by atomic mass is 10.1. The lowest BCUT2D eigenvalue weighted by Gasteiger charge is -2.31. The van der Waals surface area contributed by atoms with Crippen LogP contribution in [0.15, 0.2) is 72.8 Å². The Hall–Kier alpha value is -4.13. The summed E-state index contributed by atoms with van der Waals surface area (Å²) >= 11 is 0. The molecule has 0 fully saturated rings. The molecule has 7 heteroatoms. The largest absolute Gasteiger partial charge is 0.497 e. The maximum absolute atomic E-state index is 14.1. The third-order valence-electron chi connectivity index (χ3n) is 6.73. The van der Waals surface area contributed by atoms with Gasteiger partial charge in [-0.2, -0.15) is 0 Å². The zero-order valence-corrected chi connectivity index (χ0v) is 19.6. The Morgan fingerprint density at radius 2 is 1.34 bits per heavy atom. The number of nitrogens with zero attached hydrogens (tertiary/aromatic N) is 2. The maximum atomic E-state index is 14.1. The highest BCUT2D eigenvalue weighted by molar-refractivity contribution is 6.11. The van der Waals surface area contributed by atoms with Crippen molar-refractivity contribution in [2.24, 2.45) is 0 Å². The number of rotatable bonds is 5. The minimum Gasteiger partial charge on any atom is -0.497 e. The fraction of sp³-hybridized carbons (Fsp3) is 0.250. The van der Waals surface area contributed by atoms with Gasteiger partial charge in [0.15, 0.2) is 0 Å². The lowest BCUT2D eigenvalue weighted by molar-refractivity contribution is -0.143. The molecule has 0 N–H and O–H groups in total. The average Bonchev–Trinajstić information content (AvgIpc) is 3.47. The molecule has 0 saturated carbocycles. The van der Waals surface area contributed by atoms with Crippen LogP contribution in [0.5, 0.6) is 5.75 Å². The molecular weight excluding hydrogens is 444 g/mol. The van der Waals surface area contributed by atoms with Crippen molar-refractivity contribution in [2.45, 2.75) is 31.3 Å². The molecule has 0 aromatic heterocycles. The van der Waals surface area contributed by atoms with Crippen LogP contribution in [0.4, 0.5) is 11.4 Å². The third kappa shape index (κ3) is 4.03. The maximum Gasteiger partial charge on any atom is 0.329 e. The number of hydrogen-bond acceptors (Lipinski definition) is 5. The van der Waals surface area contributed by atoms with Crippen molar-refractivity contribution in [1.82, 2.24) is 0 Å². The molecule has 35 heavy (non-hydrogen) atoms. The fourth-order valence-electron chi connectivity index (χ4n) is 5.04. The molecule has 2 heterocycles. The number of carbonyl (C=O) groups excluding carboxylic acids is 3. The van der Waals surface area contributed by atoms with Crippen molar-refractivity contribution in [2.75, 3.05) is 24.0 Å². The van der Waals surface area contributed by atoms with Crippen LogP contribution in [0.1, 0.15) is 16.7 Å². The van der Waals surface area contributed by atoms with Crippen molar-refractivity contribution in [3.05, 3.63) is 89.5 Å². The highest BCUT2D eigenvalue weighted by atomic mass is 16.5. The molecule has 0 aliphatic carbocycles. The monoisotopic (exact) mass is 470 g/mol. The van der Waals surface area contributed by atoms with Gasteiger partial charge in [-0.15, -0.1) is 0 Å². The molecule has 178 valence electrons. The van der Waals surface area contributed by atoms with E-state index in [0.29, 0.717) is 24.3 Å². The van der Waals surface area contributed by atoms with Gasteiger partial charge in [-0.05, 0) is 41.0 Å². The summed E-state index contributed by atoms with van der Waals surface area (Å²) in [7, 11) is 2.92. The zero-order chi connectivity index (χ0) is 24.5. The topological polar surface area (TPSA) is 76.2 Å². The van der Waals surface area contributed by atoms with E-state index in [1.165, 1.54) is 12.0 Å². The number of ether oxygens (including phenoxy) is 2. The normalized spacial score (nSPS) is 18.1. The summed E-state index contributed by atoms with van der Waals surface area (Å²) in [4.78, 5) is 43.4. The minimum absolute atomic E-state index is 0.138. The Morgan fingerprint density at radius 3 is 1.94 bits per heavy atom. The number of hydrogen-bond donors (Lipinski definition) is 0. The van der Waals surface area contributed by atoms with E-state index in [4.69, 9.17) is 9.47 Å². The second kappa shape index (κ2) is 9.25. The Balaban J connectivity index is 1.49. The second-order valence-corrected chi connectivity index (χ2v) is 8.72. The SMILES string of the molecule is COC(=O)C1Cc2ccccc2N1C(=O)C1Cc2ccccc2N1C(=O)Cc1ccc(OC)cc1. The minimum atomic E-state index is -0.757. The van der Waals surface area contributed by atoms with Crippen LogP contribution < -0.4 is 14.5 Å². The first kappa shape index (κ1) is 22.7. The smallest absolute Gasteiger partial charge is 0.329 e. The summed E-state index contributed by atoms with van der Waals surface area (Å²) in [6.45, 7) is 0. The van der Waals surface area contributed by atoms with Crippen molar-refractivity contribution in [3.8, 4) is 5.75 Å².